The average Bonchev–Trinajstić information content (AvgIpc) is 2.51. The first-order chi connectivity index (χ1) is 10.5. The lowest BCUT2D eigenvalue weighted by molar-refractivity contribution is -0.137. The van der Waals surface area contributed by atoms with Crippen LogP contribution in [0.1, 0.15) is 24.0 Å². The van der Waals surface area contributed by atoms with Crippen molar-refractivity contribution in [2.45, 2.75) is 25.4 Å². The highest BCUT2D eigenvalue weighted by Gasteiger charge is 2.34. The molecular weight excluding hydrogens is 289 g/mol. The van der Waals surface area contributed by atoms with E-state index in [1.54, 1.807) is 12.1 Å². The van der Waals surface area contributed by atoms with E-state index < -0.39 is 11.7 Å². The van der Waals surface area contributed by atoms with E-state index in [4.69, 9.17) is 0 Å². The molecule has 1 aromatic heterocycles. The molecule has 0 unspecified atom stereocenters. The van der Waals surface area contributed by atoms with Crippen LogP contribution >= 0.6 is 0 Å². The molecule has 5 heteroatoms. The Morgan fingerprint density at radius 2 is 1.82 bits per heavy atom. The smallest absolute Gasteiger partial charge is 0.320 e. The molecule has 0 amide bonds. The molecule has 0 atom stereocenters. The average molecular weight is 308 g/mol. The molecule has 0 saturated carbocycles. The van der Waals surface area contributed by atoms with Crippen LogP contribution in [0.25, 0.3) is 11.3 Å². The van der Waals surface area contributed by atoms with Crippen LogP contribution in [0.5, 0.6) is 0 Å². The number of halogens is 3. The summed E-state index contributed by atoms with van der Waals surface area (Å²) in [5.41, 5.74) is 0.805. The van der Waals surface area contributed by atoms with Crippen molar-refractivity contribution < 1.29 is 13.2 Å². The first-order valence-corrected chi connectivity index (χ1v) is 7.29. The minimum absolute atomic E-state index is 0.0132. The molecule has 1 aromatic carbocycles. The maximum atomic E-state index is 13.2. The van der Waals surface area contributed by atoms with Crippen LogP contribution in [0.4, 0.5) is 13.2 Å². The summed E-state index contributed by atoms with van der Waals surface area (Å²) in [5.74, 6) is 0. The predicted octanol–water partition coefficient (Wildman–Crippen LogP) is 4.31. The molecule has 0 spiro atoms. The van der Waals surface area contributed by atoms with E-state index in [1.165, 1.54) is 12.3 Å². The van der Waals surface area contributed by atoms with Crippen LogP contribution in [0.3, 0.4) is 0 Å². The van der Waals surface area contributed by atoms with Crippen LogP contribution in [0, 0.1) is 0 Å². The number of unbranched alkanes of at least 4 members (excludes halogenated alkanes) is 1. The summed E-state index contributed by atoms with van der Waals surface area (Å²) in [4.78, 5) is 3.99. The summed E-state index contributed by atoms with van der Waals surface area (Å²) < 4.78 is 39.5. The van der Waals surface area contributed by atoms with E-state index in [1.807, 2.05) is 19.2 Å². The van der Waals surface area contributed by atoms with Gasteiger partial charge in [-0.2, -0.15) is 13.2 Å². The normalized spacial score (nSPS) is 11.6. The largest absolute Gasteiger partial charge is 0.418 e. The van der Waals surface area contributed by atoms with Gasteiger partial charge in [-0.25, -0.2) is 0 Å². The third-order valence-corrected chi connectivity index (χ3v) is 3.51. The van der Waals surface area contributed by atoms with E-state index in [2.05, 4.69) is 10.3 Å². The number of rotatable bonds is 6. The van der Waals surface area contributed by atoms with Crippen LogP contribution in [-0.4, -0.2) is 18.6 Å². The summed E-state index contributed by atoms with van der Waals surface area (Å²) in [7, 11) is 1.89. The Morgan fingerprint density at radius 1 is 1.05 bits per heavy atom. The zero-order valence-corrected chi connectivity index (χ0v) is 12.5. The molecule has 2 nitrogen and oxygen atoms in total. The molecule has 22 heavy (non-hydrogen) atoms. The van der Waals surface area contributed by atoms with Gasteiger partial charge in [-0.1, -0.05) is 24.3 Å². The fourth-order valence-electron chi connectivity index (χ4n) is 2.44. The molecule has 0 fully saturated rings. The molecule has 0 aliphatic rings. The van der Waals surface area contributed by atoms with E-state index in [-0.39, 0.29) is 5.69 Å². The van der Waals surface area contributed by atoms with Crippen molar-refractivity contribution >= 4 is 0 Å². The Kier molecular flexibility index (Phi) is 5.55. The van der Waals surface area contributed by atoms with Gasteiger partial charge in [-0.3, -0.25) is 4.98 Å². The lowest BCUT2D eigenvalue weighted by Crippen LogP contribution is -2.09. The Bertz CT molecular complexity index is 609. The van der Waals surface area contributed by atoms with Crippen LogP contribution in [-0.2, 0) is 12.6 Å². The van der Waals surface area contributed by atoms with E-state index >= 15 is 0 Å². The highest BCUT2D eigenvalue weighted by molar-refractivity contribution is 5.67. The predicted molar refractivity (Wildman–Crippen MR) is 81.5 cm³/mol. The molecule has 2 rings (SSSR count). The second kappa shape index (κ2) is 7.40. The maximum Gasteiger partial charge on any atom is 0.418 e. The first-order valence-electron chi connectivity index (χ1n) is 7.29. The summed E-state index contributed by atoms with van der Waals surface area (Å²) in [6.45, 7) is 0.902. The minimum Gasteiger partial charge on any atom is -0.320 e. The van der Waals surface area contributed by atoms with Gasteiger partial charge in [0.2, 0.25) is 0 Å². The Morgan fingerprint density at radius 3 is 2.55 bits per heavy atom. The van der Waals surface area contributed by atoms with Crippen molar-refractivity contribution in [1.82, 2.24) is 10.3 Å². The number of hydrogen-bond acceptors (Lipinski definition) is 2. The summed E-state index contributed by atoms with van der Waals surface area (Å²) in [5, 5.41) is 3.07. The standard InChI is InChI=1S/C17H19F3N2/c1-21-11-5-4-8-13-7-2-3-9-14(13)16-15(17(18,19)20)10-6-12-22-16/h2-3,6-7,9-10,12,21H,4-5,8,11H2,1H3. The number of nitrogens with zero attached hydrogens (tertiary/aromatic N) is 1. The fourth-order valence-corrected chi connectivity index (χ4v) is 2.44. The van der Waals surface area contributed by atoms with Crippen molar-refractivity contribution in [2.24, 2.45) is 0 Å². The molecule has 2 aromatic rings. The lowest BCUT2D eigenvalue weighted by Gasteiger charge is -2.14. The second-order valence-electron chi connectivity index (χ2n) is 5.12. The van der Waals surface area contributed by atoms with Gasteiger partial charge in [0.15, 0.2) is 0 Å². The summed E-state index contributed by atoms with van der Waals surface area (Å²) in [6, 6.07) is 9.60. The van der Waals surface area contributed by atoms with Gasteiger partial charge in [0, 0.05) is 11.8 Å². The molecule has 0 bridgehead atoms. The van der Waals surface area contributed by atoms with Crippen molar-refractivity contribution in [3.05, 3.63) is 53.7 Å². The number of aromatic nitrogens is 1. The zero-order valence-electron chi connectivity index (χ0n) is 12.5. The number of alkyl halides is 3. The van der Waals surface area contributed by atoms with Crippen molar-refractivity contribution in [2.75, 3.05) is 13.6 Å². The van der Waals surface area contributed by atoms with Gasteiger partial charge in [0.1, 0.15) is 0 Å². The number of nitrogens with one attached hydrogen (secondary N) is 1. The molecule has 118 valence electrons. The van der Waals surface area contributed by atoms with Gasteiger partial charge in [0.05, 0.1) is 11.3 Å². The fraction of sp³-hybridized carbons (Fsp3) is 0.353. The zero-order chi connectivity index (χ0) is 16.0. The summed E-state index contributed by atoms with van der Waals surface area (Å²) in [6.07, 6.45) is -0.345. The Labute approximate surface area is 128 Å². The van der Waals surface area contributed by atoms with Gasteiger partial charge in [-0.15, -0.1) is 0 Å². The van der Waals surface area contributed by atoms with Gasteiger partial charge < -0.3 is 5.32 Å². The van der Waals surface area contributed by atoms with E-state index in [0.29, 0.717) is 5.56 Å². The number of aryl methyl sites for hydroxylation is 1. The highest BCUT2D eigenvalue weighted by Crippen LogP contribution is 2.36. The van der Waals surface area contributed by atoms with Crippen LogP contribution in [0.2, 0.25) is 0 Å². The number of benzene rings is 1. The second-order valence-corrected chi connectivity index (χ2v) is 5.12. The van der Waals surface area contributed by atoms with Crippen molar-refractivity contribution in [3.8, 4) is 11.3 Å². The van der Waals surface area contributed by atoms with Gasteiger partial charge in [0.25, 0.3) is 0 Å². The SMILES string of the molecule is CNCCCCc1ccccc1-c1ncccc1C(F)(F)F. The van der Waals surface area contributed by atoms with Crippen LogP contribution in [0.15, 0.2) is 42.6 Å². The monoisotopic (exact) mass is 308 g/mol. The molecule has 0 aliphatic heterocycles. The Balaban J connectivity index is 2.33. The molecule has 0 aliphatic carbocycles. The number of pyridine rings is 1. The van der Waals surface area contributed by atoms with E-state index in [0.717, 1.165) is 37.4 Å². The van der Waals surface area contributed by atoms with Crippen molar-refractivity contribution in [3.63, 3.8) is 0 Å². The molecule has 1 heterocycles. The number of hydrogen-bond donors (Lipinski definition) is 1. The van der Waals surface area contributed by atoms with Crippen molar-refractivity contribution in [1.29, 1.82) is 0 Å². The van der Waals surface area contributed by atoms with Crippen LogP contribution < -0.4 is 5.32 Å². The molecular formula is C17H19F3N2. The summed E-state index contributed by atoms with van der Waals surface area (Å²) >= 11 is 0. The topological polar surface area (TPSA) is 24.9 Å². The molecule has 0 radical (unpaired) electrons. The van der Waals surface area contributed by atoms with Gasteiger partial charge in [-0.05, 0) is 50.6 Å². The maximum absolute atomic E-state index is 13.2. The first kappa shape index (κ1) is 16.5. The highest BCUT2D eigenvalue weighted by atomic mass is 19.4. The van der Waals surface area contributed by atoms with E-state index in [9.17, 15) is 13.2 Å². The third-order valence-electron chi connectivity index (χ3n) is 3.51. The third kappa shape index (κ3) is 4.07. The minimum atomic E-state index is -4.40. The lowest BCUT2D eigenvalue weighted by atomic mass is 9.96. The molecule has 0 saturated heterocycles. The quantitative estimate of drug-likeness (QED) is 0.804. The van der Waals surface area contributed by atoms with Gasteiger partial charge >= 0.3 is 6.18 Å². The Hall–Kier alpha value is -1.88. The molecule has 1 N–H and O–H groups in total.